The van der Waals surface area contributed by atoms with Crippen LogP contribution in [0.2, 0.25) is 0 Å². The molecule has 3 aromatic carbocycles. The van der Waals surface area contributed by atoms with Crippen molar-refractivity contribution < 1.29 is 9.53 Å². The second-order valence-electron chi connectivity index (χ2n) is 9.27. The summed E-state index contributed by atoms with van der Waals surface area (Å²) in [5.74, 6) is 0.600. The van der Waals surface area contributed by atoms with Crippen LogP contribution in [-0.4, -0.2) is 32.7 Å². The number of imidazole rings is 1. The minimum atomic E-state index is -0.353. The van der Waals surface area contributed by atoms with Crippen molar-refractivity contribution in [3.05, 3.63) is 79.0 Å². The van der Waals surface area contributed by atoms with Crippen LogP contribution in [0.4, 0.5) is 16.2 Å². The van der Waals surface area contributed by atoms with E-state index in [1.807, 2.05) is 59.2 Å². The second kappa shape index (κ2) is 8.72. The van der Waals surface area contributed by atoms with Gasteiger partial charge >= 0.3 is 6.03 Å². The fourth-order valence-electron chi connectivity index (χ4n) is 4.10. The quantitative estimate of drug-likeness (QED) is 0.343. The fraction of sp³-hybridized carbons (Fsp3) is 0.185. The molecule has 35 heavy (non-hydrogen) atoms. The fourth-order valence-corrected chi connectivity index (χ4v) is 4.10. The third-order valence-corrected chi connectivity index (χ3v) is 5.95. The number of methoxy groups -OCH3 is 1. The summed E-state index contributed by atoms with van der Waals surface area (Å²) < 4.78 is 7.41. The zero-order valence-electron chi connectivity index (χ0n) is 20.0. The van der Waals surface area contributed by atoms with E-state index in [0.29, 0.717) is 22.8 Å². The van der Waals surface area contributed by atoms with Crippen molar-refractivity contribution in [3.8, 4) is 11.4 Å². The van der Waals surface area contributed by atoms with E-state index in [0.717, 1.165) is 27.5 Å². The molecule has 0 saturated carbocycles. The summed E-state index contributed by atoms with van der Waals surface area (Å²) in [6.45, 7) is 6.38. The number of carbonyl (C=O) groups excluding carboxylic acids is 1. The molecule has 176 valence electrons. The SMILES string of the molecule is COc1ccc(C(C)(C)C)cc1NC(=O)Nc1ccc(-n2cnc3ncncc32)c2ccccc12. The molecule has 0 spiro atoms. The highest BCUT2D eigenvalue weighted by Gasteiger charge is 2.18. The molecule has 2 N–H and O–H groups in total. The number of rotatable bonds is 4. The highest BCUT2D eigenvalue weighted by molar-refractivity contribution is 6.08. The van der Waals surface area contributed by atoms with Gasteiger partial charge in [0.1, 0.15) is 23.9 Å². The molecule has 0 saturated heterocycles. The van der Waals surface area contributed by atoms with Crippen LogP contribution < -0.4 is 15.4 Å². The molecule has 0 aliphatic carbocycles. The Morgan fingerprint density at radius 3 is 2.49 bits per heavy atom. The van der Waals surface area contributed by atoms with Crippen LogP contribution in [0.15, 0.2) is 73.4 Å². The molecule has 0 aliphatic rings. The van der Waals surface area contributed by atoms with Crippen LogP contribution in [0, 0.1) is 0 Å². The lowest BCUT2D eigenvalue weighted by atomic mass is 9.87. The molecule has 5 aromatic rings. The average molecular weight is 467 g/mol. The van der Waals surface area contributed by atoms with Gasteiger partial charge in [0.15, 0.2) is 5.65 Å². The van der Waals surface area contributed by atoms with Crippen LogP contribution >= 0.6 is 0 Å². The molecular weight excluding hydrogens is 440 g/mol. The summed E-state index contributed by atoms with van der Waals surface area (Å²) in [6, 6.07) is 17.2. The van der Waals surface area contributed by atoms with Crippen molar-refractivity contribution in [1.29, 1.82) is 0 Å². The number of nitrogens with one attached hydrogen (secondary N) is 2. The van der Waals surface area contributed by atoms with Gasteiger partial charge in [0.2, 0.25) is 0 Å². The van der Waals surface area contributed by atoms with E-state index in [2.05, 4.69) is 46.4 Å². The van der Waals surface area contributed by atoms with Crippen LogP contribution in [0.25, 0.3) is 27.6 Å². The van der Waals surface area contributed by atoms with Crippen LogP contribution in [0.1, 0.15) is 26.3 Å². The largest absolute Gasteiger partial charge is 0.495 e. The van der Waals surface area contributed by atoms with E-state index in [4.69, 9.17) is 4.74 Å². The molecule has 2 heterocycles. The van der Waals surface area contributed by atoms with E-state index in [-0.39, 0.29) is 11.4 Å². The molecule has 5 rings (SSSR count). The summed E-state index contributed by atoms with van der Waals surface area (Å²) in [5, 5.41) is 7.80. The Balaban J connectivity index is 1.48. The number of aromatic nitrogens is 4. The number of anilines is 2. The number of ether oxygens (including phenoxy) is 1. The lowest BCUT2D eigenvalue weighted by Gasteiger charge is -2.21. The van der Waals surface area contributed by atoms with E-state index in [1.165, 1.54) is 6.33 Å². The third-order valence-electron chi connectivity index (χ3n) is 5.95. The van der Waals surface area contributed by atoms with Gasteiger partial charge in [-0.3, -0.25) is 4.57 Å². The maximum Gasteiger partial charge on any atom is 0.323 e. The molecule has 0 radical (unpaired) electrons. The Bertz CT molecular complexity index is 1550. The monoisotopic (exact) mass is 466 g/mol. The lowest BCUT2D eigenvalue weighted by molar-refractivity contribution is 0.262. The molecular formula is C27H26N6O2. The number of nitrogens with zero attached hydrogens (tertiary/aromatic N) is 4. The van der Waals surface area contributed by atoms with E-state index in [1.54, 1.807) is 19.6 Å². The van der Waals surface area contributed by atoms with Crippen LogP contribution in [-0.2, 0) is 5.41 Å². The van der Waals surface area contributed by atoms with Gasteiger partial charge in [0.05, 0.1) is 30.4 Å². The minimum absolute atomic E-state index is 0.0618. The van der Waals surface area contributed by atoms with Gasteiger partial charge in [-0.2, -0.15) is 0 Å². The normalized spacial score (nSPS) is 11.5. The van der Waals surface area contributed by atoms with Gasteiger partial charge in [0.25, 0.3) is 0 Å². The first kappa shape index (κ1) is 22.3. The van der Waals surface area contributed by atoms with E-state index in [9.17, 15) is 4.79 Å². The molecule has 0 fully saturated rings. The number of fused-ring (bicyclic) bond motifs is 2. The van der Waals surface area contributed by atoms with Gasteiger partial charge in [-0.1, -0.05) is 51.1 Å². The van der Waals surface area contributed by atoms with Crippen molar-refractivity contribution in [2.45, 2.75) is 26.2 Å². The molecule has 8 nitrogen and oxygen atoms in total. The molecule has 2 amide bonds. The van der Waals surface area contributed by atoms with Crippen molar-refractivity contribution in [3.63, 3.8) is 0 Å². The molecule has 2 aromatic heterocycles. The number of hydrogen-bond donors (Lipinski definition) is 2. The third kappa shape index (κ3) is 4.26. The number of amides is 2. The molecule has 8 heteroatoms. The second-order valence-corrected chi connectivity index (χ2v) is 9.27. The van der Waals surface area contributed by atoms with Gasteiger partial charge in [-0.15, -0.1) is 0 Å². The van der Waals surface area contributed by atoms with Gasteiger partial charge in [0, 0.05) is 10.8 Å². The van der Waals surface area contributed by atoms with Crippen LogP contribution in [0.3, 0.4) is 0 Å². The summed E-state index contributed by atoms with van der Waals surface area (Å²) in [6.07, 6.45) is 4.95. The smallest absolute Gasteiger partial charge is 0.323 e. The zero-order chi connectivity index (χ0) is 24.6. The Morgan fingerprint density at radius 2 is 1.71 bits per heavy atom. The number of hydrogen-bond acceptors (Lipinski definition) is 5. The predicted molar refractivity (Wildman–Crippen MR) is 139 cm³/mol. The summed E-state index contributed by atoms with van der Waals surface area (Å²) in [7, 11) is 1.59. The van der Waals surface area contributed by atoms with Crippen molar-refractivity contribution in [2.75, 3.05) is 17.7 Å². The molecule has 0 atom stereocenters. The van der Waals surface area contributed by atoms with Crippen molar-refractivity contribution in [1.82, 2.24) is 19.5 Å². The number of urea groups is 1. The lowest BCUT2D eigenvalue weighted by Crippen LogP contribution is -2.21. The highest BCUT2D eigenvalue weighted by atomic mass is 16.5. The van der Waals surface area contributed by atoms with E-state index >= 15 is 0 Å². The maximum atomic E-state index is 13.0. The predicted octanol–water partition coefficient (Wildman–Crippen LogP) is 5.92. The molecule has 0 aliphatic heterocycles. The van der Waals surface area contributed by atoms with Gasteiger partial charge < -0.3 is 15.4 Å². The average Bonchev–Trinajstić information content (AvgIpc) is 3.27. The number of benzene rings is 3. The minimum Gasteiger partial charge on any atom is -0.495 e. The first-order valence-electron chi connectivity index (χ1n) is 11.3. The van der Waals surface area contributed by atoms with Gasteiger partial charge in [-0.25, -0.2) is 19.7 Å². The first-order chi connectivity index (χ1) is 16.8. The number of carbonyl (C=O) groups is 1. The molecule has 0 unspecified atom stereocenters. The topological polar surface area (TPSA) is 94.0 Å². The van der Waals surface area contributed by atoms with Gasteiger partial charge in [-0.05, 0) is 35.2 Å². The zero-order valence-corrected chi connectivity index (χ0v) is 20.0. The summed E-state index contributed by atoms with van der Waals surface area (Å²) >= 11 is 0. The Kier molecular flexibility index (Phi) is 5.56. The first-order valence-corrected chi connectivity index (χ1v) is 11.3. The standard InChI is InChI=1S/C27H26N6O2/c1-27(2,3)17-9-12-24(35-4)21(13-17)32-26(34)31-20-10-11-22(19-8-6-5-7-18(19)20)33-16-30-25-23(33)14-28-15-29-25/h5-16H,1-4H3,(H2,31,32,34). The van der Waals surface area contributed by atoms with E-state index < -0.39 is 0 Å². The summed E-state index contributed by atoms with van der Waals surface area (Å²) in [5.41, 5.74) is 4.69. The maximum absolute atomic E-state index is 13.0. The highest BCUT2D eigenvalue weighted by Crippen LogP contribution is 2.33. The van der Waals surface area contributed by atoms with Crippen LogP contribution in [0.5, 0.6) is 5.75 Å². The summed E-state index contributed by atoms with van der Waals surface area (Å²) in [4.78, 5) is 25.8. The Labute approximate surface area is 203 Å². The Hall–Kier alpha value is -4.46. The molecule has 0 bridgehead atoms. The van der Waals surface area contributed by atoms with Crippen molar-refractivity contribution in [2.24, 2.45) is 0 Å². The van der Waals surface area contributed by atoms with Crippen molar-refractivity contribution >= 4 is 39.3 Å². The Morgan fingerprint density at radius 1 is 0.943 bits per heavy atom.